The Kier molecular flexibility index (Phi) is 13.4. The van der Waals surface area contributed by atoms with Crippen LogP contribution in [0.3, 0.4) is 0 Å². The first-order chi connectivity index (χ1) is 18.5. The smallest absolute Gasteiger partial charge is 0.331 e. The summed E-state index contributed by atoms with van der Waals surface area (Å²) in [6.45, 7) is 6.55. The Morgan fingerprint density at radius 2 is 2.00 bits per heavy atom. The second kappa shape index (κ2) is 15.7. The fourth-order valence-electron chi connectivity index (χ4n) is 3.99. The summed E-state index contributed by atoms with van der Waals surface area (Å²) in [7, 11) is -4.15. The number of ether oxygens (including phenoxy) is 2. The van der Waals surface area contributed by atoms with Gasteiger partial charge in [0.05, 0.1) is 44.6 Å². The van der Waals surface area contributed by atoms with Crippen LogP contribution in [0.2, 0.25) is 0 Å². The summed E-state index contributed by atoms with van der Waals surface area (Å²) in [6, 6.07) is 1.94. The predicted molar refractivity (Wildman–Crippen MR) is 141 cm³/mol. The minimum atomic E-state index is -3.53. The highest BCUT2D eigenvalue weighted by Gasteiger charge is 2.52. The van der Waals surface area contributed by atoms with Gasteiger partial charge >= 0.3 is 13.3 Å². The quantitative estimate of drug-likeness (QED) is 0.183. The summed E-state index contributed by atoms with van der Waals surface area (Å²) in [5.41, 5.74) is 4.97. The number of carbonyl (C=O) groups is 1. The SMILES string of the molecule is CCOP(=O)(C[C@@H](C)[C@H]1O[C@@H](n2cc(C)c(=O)[nH]c2=O)[C@H](OCC(=O)NC)[C@@H]1OP(N)OCCC#N)OCC. The van der Waals surface area contributed by atoms with Crippen LogP contribution >= 0.6 is 16.1 Å². The second-order valence-corrected chi connectivity index (χ2v) is 11.8. The Hall–Kier alpha value is -1.98. The topological polar surface area (TPSA) is 206 Å². The lowest BCUT2D eigenvalue weighted by Gasteiger charge is -2.30. The molecule has 2 heterocycles. The van der Waals surface area contributed by atoms with E-state index in [1.807, 2.05) is 6.07 Å². The van der Waals surface area contributed by atoms with E-state index < -0.39 is 70.3 Å². The van der Waals surface area contributed by atoms with Crippen LogP contribution in [0.25, 0.3) is 0 Å². The number of hydrogen-bond acceptors (Lipinski definition) is 12. The van der Waals surface area contributed by atoms with E-state index in [2.05, 4.69) is 10.3 Å². The van der Waals surface area contributed by atoms with E-state index in [1.165, 1.54) is 20.2 Å². The van der Waals surface area contributed by atoms with Crippen LogP contribution in [-0.2, 0) is 36.9 Å². The number of nitrogens with zero attached hydrogens (tertiary/aromatic N) is 2. The van der Waals surface area contributed by atoms with Crippen molar-refractivity contribution in [2.24, 2.45) is 11.4 Å². The molecular weight excluding hydrogens is 556 g/mol. The molecule has 4 N–H and O–H groups in total. The normalized spacial score (nSPS) is 22.8. The van der Waals surface area contributed by atoms with Crippen molar-refractivity contribution < 1.29 is 36.9 Å². The molecule has 1 aromatic heterocycles. The van der Waals surface area contributed by atoms with E-state index in [9.17, 15) is 18.9 Å². The molecule has 0 radical (unpaired) electrons. The lowest BCUT2D eigenvalue weighted by molar-refractivity contribution is -0.132. The van der Waals surface area contributed by atoms with Crippen molar-refractivity contribution in [2.75, 3.05) is 39.6 Å². The van der Waals surface area contributed by atoms with E-state index in [0.717, 1.165) is 4.57 Å². The molecule has 1 unspecified atom stereocenters. The first kappa shape index (κ1) is 33.2. The van der Waals surface area contributed by atoms with Crippen LogP contribution in [0.5, 0.6) is 0 Å². The second-order valence-electron chi connectivity index (χ2n) is 8.62. The number of amides is 1. The van der Waals surface area contributed by atoms with Gasteiger partial charge in [0.2, 0.25) is 5.91 Å². The Morgan fingerprint density at radius 3 is 2.59 bits per heavy atom. The molecule has 0 bridgehead atoms. The molecule has 1 aliphatic heterocycles. The minimum Gasteiger partial charge on any atom is -0.361 e. The maximum Gasteiger partial charge on any atom is 0.331 e. The molecule has 0 spiro atoms. The Labute approximate surface area is 227 Å². The Bertz CT molecular complexity index is 1150. The summed E-state index contributed by atoms with van der Waals surface area (Å²) >= 11 is 0. The molecule has 220 valence electrons. The third-order valence-electron chi connectivity index (χ3n) is 5.71. The first-order valence-electron chi connectivity index (χ1n) is 12.4. The summed E-state index contributed by atoms with van der Waals surface area (Å²) in [5, 5.41) is 11.2. The van der Waals surface area contributed by atoms with Crippen molar-refractivity contribution in [2.45, 2.75) is 58.7 Å². The van der Waals surface area contributed by atoms with Crippen molar-refractivity contribution in [3.8, 4) is 6.07 Å². The van der Waals surface area contributed by atoms with Gasteiger partial charge in [0.15, 0.2) is 6.23 Å². The summed E-state index contributed by atoms with van der Waals surface area (Å²) in [6.07, 6.45) is -2.86. The fraction of sp³-hybridized carbons (Fsp3) is 0.727. The zero-order valence-electron chi connectivity index (χ0n) is 22.7. The van der Waals surface area contributed by atoms with Gasteiger partial charge in [0.25, 0.3) is 14.1 Å². The van der Waals surface area contributed by atoms with Gasteiger partial charge in [-0.05, 0) is 26.7 Å². The number of nitrogens with one attached hydrogen (secondary N) is 2. The third-order valence-corrected chi connectivity index (χ3v) is 8.93. The predicted octanol–water partition coefficient (Wildman–Crippen LogP) is 1.28. The summed E-state index contributed by atoms with van der Waals surface area (Å²) in [4.78, 5) is 39.1. The number of likely N-dealkylation sites (N-methyl/N-ethyl adjacent to an activating group) is 1. The number of aromatic amines is 1. The lowest BCUT2D eigenvalue weighted by atomic mass is 10.00. The van der Waals surface area contributed by atoms with Gasteiger partial charge in [0, 0.05) is 18.8 Å². The van der Waals surface area contributed by atoms with Crippen molar-refractivity contribution in [1.82, 2.24) is 14.9 Å². The molecule has 17 heteroatoms. The van der Waals surface area contributed by atoms with Crippen molar-refractivity contribution in [3.05, 3.63) is 32.6 Å². The molecule has 1 amide bonds. The zero-order chi connectivity index (χ0) is 29.2. The van der Waals surface area contributed by atoms with Crippen LogP contribution in [0.4, 0.5) is 0 Å². The average Bonchev–Trinajstić information content (AvgIpc) is 3.22. The minimum absolute atomic E-state index is 0.0160. The van der Waals surface area contributed by atoms with Crippen LogP contribution in [0.1, 0.15) is 39.0 Å². The molecule has 6 atom stereocenters. The molecular formula is C22H37N5O10P2. The number of nitriles is 1. The number of hydrogen-bond donors (Lipinski definition) is 3. The van der Waals surface area contributed by atoms with E-state index in [1.54, 1.807) is 20.8 Å². The molecule has 1 fully saturated rings. The Balaban J connectivity index is 2.52. The van der Waals surface area contributed by atoms with Crippen LogP contribution < -0.4 is 22.1 Å². The van der Waals surface area contributed by atoms with Gasteiger partial charge in [0.1, 0.15) is 18.8 Å². The van der Waals surface area contributed by atoms with E-state index >= 15 is 0 Å². The number of nitrogens with two attached hydrogens (primary N) is 1. The highest BCUT2D eigenvalue weighted by Crippen LogP contribution is 2.52. The van der Waals surface area contributed by atoms with Gasteiger partial charge in [-0.1, -0.05) is 6.92 Å². The van der Waals surface area contributed by atoms with Gasteiger partial charge in [-0.3, -0.25) is 29.2 Å². The van der Waals surface area contributed by atoms with E-state index in [4.69, 9.17) is 38.3 Å². The van der Waals surface area contributed by atoms with Gasteiger partial charge in [-0.25, -0.2) is 4.79 Å². The molecule has 0 aliphatic carbocycles. The number of rotatable bonds is 16. The molecule has 1 aliphatic rings. The first-order valence-corrected chi connectivity index (χ1v) is 15.4. The van der Waals surface area contributed by atoms with Gasteiger partial charge in [-0.15, -0.1) is 0 Å². The lowest BCUT2D eigenvalue weighted by Crippen LogP contribution is -2.43. The van der Waals surface area contributed by atoms with Crippen LogP contribution in [0.15, 0.2) is 15.8 Å². The number of carbonyl (C=O) groups excluding carboxylic acids is 1. The fourth-order valence-corrected chi connectivity index (χ4v) is 6.78. The largest absolute Gasteiger partial charge is 0.361 e. The van der Waals surface area contributed by atoms with Gasteiger partial charge in [-0.2, -0.15) is 5.26 Å². The van der Waals surface area contributed by atoms with Crippen molar-refractivity contribution in [3.63, 3.8) is 0 Å². The number of aryl methyl sites for hydroxylation is 1. The highest BCUT2D eigenvalue weighted by atomic mass is 31.2. The molecule has 2 rings (SSSR count). The summed E-state index contributed by atoms with van der Waals surface area (Å²) < 4.78 is 49.0. The maximum absolute atomic E-state index is 13.3. The monoisotopic (exact) mass is 593 g/mol. The summed E-state index contributed by atoms with van der Waals surface area (Å²) in [5.74, 6) is -1.01. The molecule has 1 aromatic rings. The van der Waals surface area contributed by atoms with E-state index in [-0.39, 0.29) is 38.0 Å². The van der Waals surface area contributed by atoms with Crippen LogP contribution in [-0.4, -0.2) is 73.4 Å². The highest BCUT2D eigenvalue weighted by molar-refractivity contribution is 7.53. The molecule has 0 aromatic carbocycles. The molecule has 1 saturated heterocycles. The Morgan fingerprint density at radius 1 is 1.33 bits per heavy atom. The van der Waals surface area contributed by atoms with Crippen molar-refractivity contribution >= 4 is 22.0 Å². The standard InChI is InChI=1S/C22H37N5O10P2/c1-6-34-39(31,35-7-2)13-15(4)17-18(37-38(24)33-10-8-9-23)19(32-12-16(28)25-5)21(36-17)27-11-14(3)20(29)26-22(27)30/h11,15,17-19,21H,6-8,10,12-13,24H2,1-5H3,(H,25,28)(H,26,29,30)/t15-,17-,18-,19-,21-,38?/m1/s1. The third kappa shape index (κ3) is 9.28. The zero-order valence-corrected chi connectivity index (χ0v) is 24.4. The van der Waals surface area contributed by atoms with Gasteiger partial charge < -0.3 is 32.9 Å². The number of H-pyrrole nitrogens is 1. The van der Waals surface area contributed by atoms with E-state index in [0.29, 0.717) is 0 Å². The maximum atomic E-state index is 13.3. The molecule has 15 nitrogen and oxygen atoms in total. The number of aromatic nitrogens is 2. The average molecular weight is 594 g/mol. The molecule has 39 heavy (non-hydrogen) atoms. The molecule has 0 saturated carbocycles. The van der Waals surface area contributed by atoms with Crippen LogP contribution in [0, 0.1) is 24.2 Å². The van der Waals surface area contributed by atoms with Crippen molar-refractivity contribution in [1.29, 1.82) is 5.26 Å².